The molecular weight excluding hydrogens is 366 g/mol. The van der Waals surface area contributed by atoms with Gasteiger partial charge in [0.2, 0.25) is 5.91 Å². The van der Waals surface area contributed by atoms with Crippen LogP contribution in [0, 0.1) is 0 Å². The van der Waals surface area contributed by atoms with Gasteiger partial charge in [-0.1, -0.05) is 30.3 Å². The molecule has 6 nitrogen and oxygen atoms in total. The summed E-state index contributed by atoms with van der Waals surface area (Å²) in [6, 6.07) is 15.5. The second-order valence-electron chi connectivity index (χ2n) is 7.63. The number of fused-ring (bicyclic) bond motifs is 1. The summed E-state index contributed by atoms with van der Waals surface area (Å²) in [5.41, 5.74) is 2.69. The summed E-state index contributed by atoms with van der Waals surface area (Å²) in [4.78, 5) is 19.5. The van der Waals surface area contributed by atoms with Gasteiger partial charge in [0, 0.05) is 18.0 Å². The van der Waals surface area contributed by atoms with Gasteiger partial charge in [-0.05, 0) is 44.5 Å². The van der Waals surface area contributed by atoms with Gasteiger partial charge in [0.1, 0.15) is 11.3 Å². The number of piperidine rings is 1. The van der Waals surface area contributed by atoms with E-state index in [1.54, 1.807) is 7.11 Å². The number of methoxy groups -OCH3 is 1. The van der Waals surface area contributed by atoms with Crippen LogP contribution in [0.5, 0.6) is 5.75 Å². The summed E-state index contributed by atoms with van der Waals surface area (Å²) in [6.45, 7) is 4.04. The zero-order valence-corrected chi connectivity index (χ0v) is 16.9. The molecule has 0 saturated carbocycles. The Kier molecular flexibility index (Phi) is 5.81. The van der Waals surface area contributed by atoms with E-state index in [1.807, 2.05) is 55.5 Å². The van der Waals surface area contributed by atoms with Crippen molar-refractivity contribution in [2.75, 3.05) is 26.7 Å². The molecule has 2 heterocycles. The summed E-state index contributed by atoms with van der Waals surface area (Å²) in [5.74, 6) is 1.80. The molecule has 1 aliphatic heterocycles. The fourth-order valence-electron chi connectivity index (χ4n) is 4.06. The number of aromatic nitrogens is 1. The number of amides is 1. The highest BCUT2D eigenvalue weighted by atomic mass is 16.5. The van der Waals surface area contributed by atoms with Crippen molar-refractivity contribution in [2.24, 2.45) is 0 Å². The van der Waals surface area contributed by atoms with E-state index in [0.717, 1.165) is 54.2 Å². The average Bonchev–Trinajstić information content (AvgIpc) is 3.18. The molecule has 1 N–H and O–H groups in total. The normalized spacial score (nSPS) is 18.5. The monoisotopic (exact) mass is 393 g/mol. The lowest BCUT2D eigenvalue weighted by molar-refractivity contribution is -0.123. The molecule has 1 saturated heterocycles. The van der Waals surface area contributed by atoms with Crippen LogP contribution >= 0.6 is 0 Å². The Morgan fingerprint density at radius 1 is 1.28 bits per heavy atom. The van der Waals surface area contributed by atoms with E-state index in [-0.39, 0.29) is 17.9 Å². The van der Waals surface area contributed by atoms with Crippen LogP contribution in [0.1, 0.15) is 43.2 Å². The Hall–Kier alpha value is -2.86. The van der Waals surface area contributed by atoms with Gasteiger partial charge in [0.25, 0.3) is 0 Å². The number of carbonyl (C=O) groups is 1. The Balaban J connectivity index is 1.37. The largest absolute Gasteiger partial charge is 0.496 e. The molecule has 29 heavy (non-hydrogen) atoms. The molecule has 4 rings (SSSR count). The Bertz CT molecular complexity index is 951. The molecule has 0 unspecified atom stereocenters. The average molecular weight is 393 g/mol. The zero-order chi connectivity index (χ0) is 20.2. The van der Waals surface area contributed by atoms with Crippen molar-refractivity contribution in [2.45, 2.75) is 31.7 Å². The van der Waals surface area contributed by atoms with E-state index in [4.69, 9.17) is 9.15 Å². The molecule has 0 aliphatic carbocycles. The number of oxazole rings is 1. The van der Waals surface area contributed by atoms with Gasteiger partial charge >= 0.3 is 0 Å². The number of likely N-dealkylation sites (tertiary alicyclic amines) is 1. The van der Waals surface area contributed by atoms with Crippen molar-refractivity contribution in [3.8, 4) is 5.75 Å². The minimum absolute atomic E-state index is 0.0154. The third-order valence-corrected chi connectivity index (χ3v) is 5.52. The van der Waals surface area contributed by atoms with Crippen LogP contribution in [0.4, 0.5) is 0 Å². The maximum Gasteiger partial charge on any atom is 0.234 e. The molecule has 1 aromatic heterocycles. The Labute approximate surface area is 170 Å². The van der Waals surface area contributed by atoms with Gasteiger partial charge in [-0.25, -0.2) is 4.98 Å². The van der Waals surface area contributed by atoms with Crippen molar-refractivity contribution in [3.63, 3.8) is 0 Å². The molecular formula is C23H27N3O3. The maximum absolute atomic E-state index is 12.6. The van der Waals surface area contributed by atoms with Crippen LogP contribution in [0.3, 0.4) is 0 Å². The molecule has 3 aromatic rings. The molecule has 1 aliphatic rings. The van der Waals surface area contributed by atoms with E-state index in [0.29, 0.717) is 6.54 Å². The molecule has 1 fully saturated rings. The summed E-state index contributed by atoms with van der Waals surface area (Å²) in [5, 5.41) is 3.09. The van der Waals surface area contributed by atoms with Gasteiger partial charge in [-0.3, -0.25) is 9.69 Å². The van der Waals surface area contributed by atoms with Crippen molar-refractivity contribution in [1.29, 1.82) is 0 Å². The first-order valence-electron chi connectivity index (χ1n) is 10.1. The smallest absolute Gasteiger partial charge is 0.234 e. The highest BCUT2D eigenvalue weighted by Crippen LogP contribution is 2.29. The molecule has 2 atom stereocenters. The van der Waals surface area contributed by atoms with E-state index in [9.17, 15) is 4.79 Å². The first-order chi connectivity index (χ1) is 14.1. The Morgan fingerprint density at radius 2 is 2.07 bits per heavy atom. The van der Waals surface area contributed by atoms with E-state index < -0.39 is 0 Å². The van der Waals surface area contributed by atoms with Gasteiger partial charge < -0.3 is 14.5 Å². The predicted octanol–water partition coefficient (Wildman–Crippen LogP) is 3.89. The van der Waals surface area contributed by atoms with Crippen molar-refractivity contribution in [3.05, 3.63) is 60.0 Å². The predicted molar refractivity (Wildman–Crippen MR) is 112 cm³/mol. The number of hydrogen-bond donors (Lipinski definition) is 1. The SMILES string of the molecule is COc1ccccc1[C@@H](C)NC(=O)CN1CCC[C@H](c2nc3ccccc3o2)C1. The van der Waals surface area contributed by atoms with Gasteiger partial charge in [-0.2, -0.15) is 0 Å². The van der Waals surface area contributed by atoms with E-state index in [2.05, 4.69) is 15.2 Å². The standard InChI is InChI=1S/C23H27N3O3/c1-16(18-9-3-5-11-20(18)28-2)24-22(27)15-26-13-7-8-17(14-26)23-25-19-10-4-6-12-21(19)29-23/h3-6,9-12,16-17H,7-8,13-15H2,1-2H3,(H,24,27)/t16-,17+/m1/s1. The van der Waals surface area contributed by atoms with Crippen LogP contribution in [0.15, 0.2) is 52.9 Å². The highest BCUT2D eigenvalue weighted by Gasteiger charge is 2.27. The topological polar surface area (TPSA) is 67.6 Å². The van der Waals surface area contributed by atoms with E-state index in [1.165, 1.54) is 0 Å². The summed E-state index contributed by atoms with van der Waals surface area (Å²) < 4.78 is 11.4. The minimum atomic E-state index is -0.115. The van der Waals surface area contributed by atoms with Crippen molar-refractivity contribution >= 4 is 17.0 Å². The van der Waals surface area contributed by atoms with Crippen LogP contribution in [-0.2, 0) is 4.79 Å². The second-order valence-corrected chi connectivity index (χ2v) is 7.63. The summed E-state index contributed by atoms with van der Waals surface area (Å²) in [6.07, 6.45) is 2.06. The number of hydrogen-bond acceptors (Lipinski definition) is 5. The second kappa shape index (κ2) is 8.66. The van der Waals surface area contributed by atoms with E-state index >= 15 is 0 Å². The number of nitrogens with one attached hydrogen (secondary N) is 1. The number of ether oxygens (including phenoxy) is 1. The van der Waals surface area contributed by atoms with Crippen LogP contribution in [0.2, 0.25) is 0 Å². The zero-order valence-electron chi connectivity index (χ0n) is 16.9. The molecule has 1 amide bonds. The highest BCUT2D eigenvalue weighted by molar-refractivity contribution is 5.78. The number of nitrogens with zero attached hydrogens (tertiary/aromatic N) is 2. The Morgan fingerprint density at radius 3 is 2.90 bits per heavy atom. The van der Waals surface area contributed by atoms with Crippen LogP contribution in [0.25, 0.3) is 11.1 Å². The number of carbonyl (C=O) groups excluding carboxylic acids is 1. The molecule has 0 radical (unpaired) electrons. The molecule has 2 aromatic carbocycles. The molecule has 0 spiro atoms. The first kappa shape index (κ1) is 19.5. The number of benzene rings is 2. The fraction of sp³-hybridized carbons (Fsp3) is 0.391. The third-order valence-electron chi connectivity index (χ3n) is 5.52. The number of rotatable bonds is 6. The van der Waals surface area contributed by atoms with Crippen LogP contribution in [-0.4, -0.2) is 42.5 Å². The third kappa shape index (κ3) is 4.43. The quantitative estimate of drug-likeness (QED) is 0.688. The maximum atomic E-state index is 12.6. The summed E-state index contributed by atoms with van der Waals surface area (Å²) in [7, 11) is 1.65. The molecule has 6 heteroatoms. The van der Waals surface area contributed by atoms with Gasteiger partial charge in [0.15, 0.2) is 11.5 Å². The van der Waals surface area contributed by atoms with Crippen molar-refractivity contribution < 1.29 is 13.9 Å². The lowest BCUT2D eigenvalue weighted by Crippen LogP contribution is -2.42. The van der Waals surface area contributed by atoms with Gasteiger partial charge in [-0.15, -0.1) is 0 Å². The molecule has 152 valence electrons. The molecule has 0 bridgehead atoms. The van der Waals surface area contributed by atoms with Gasteiger partial charge in [0.05, 0.1) is 19.7 Å². The minimum Gasteiger partial charge on any atom is -0.496 e. The fourth-order valence-corrected chi connectivity index (χ4v) is 4.06. The van der Waals surface area contributed by atoms with Crippen LogP contribution < -0.4 is 10.1 Å². The summed E-state index contributed by atoms with van der Waals surface area (Å²) >= 11 is 0. The lowest BCUT2D eigenvalue weighted by Gasteiger charge is -2.31. The number of para-hydroxylation sites is 3. The lowest BCUT2D eigenvalue weighted by atomic mass is 9.98. The first-order valence-corrected chi connectivity index (χ1v) is 10.1. The van der Waals surface area contributed by atoms with Crippen molar-refractivity contribution in [1.82, 2.24) is 15.2 Å².